The molecule has 0 saturated heterocycles. The van der Waals surface area contributed by atoms with E-state index >= 15 is 0 Å². The maximum Gasteiger partial charge on any atom is 0.231 e. The van der Waals surface area contributed by atoms with Crippen LogP contribution in [0, 0.1) is 0 Å². The number of benzene rings is 4. The number of amides is 2. The number of nitrogens with one attached hydrogen (secondary N) is 2. The summed E-state index contributed by atoms with van der Waals surface area (Å²) in [7, 11) is 2.99. The van der Waals surface area contributed by atoms with Crippen LogP contribution < -0.4 is 20.1 Å². The van der Waals surface area contributed by atoms with E-state index in [4.69, 9.17) is 9.47 Å². The van der Waals surface area contributed by atoms with Crippen molar-refractivity contribution in [2.75, 3.05) is 37.9 Å². The second kappa shape index (κ2) is 16.7. The number of methoxy groups -OCH3 is 2. The molecule has 2 amide bonds. The van der Waals surface area contributed by atoms with E-state index in [-0.39, 0.29) is 37.5 Å². The van der Waals surface area contributed by atoms with Crippen molar-refractivity contribution in [1.29, 1.82) is 0 Å². The van der Waals surface area contributed by atoms with Gasteiger partial charge >= 0.3 is 0 Å². The van der Waals surface area contributed by atoms with Crippen LogP contribution in [0.15, 0.2) is 118 Å². The van der Waals surface area contributed by atoms with Crippen LogP contribution in [0.2, 0.25) is 0 Å². The number of para-hydroxylation sites is 2. The van der Waals surface area contributed by atoms with Gasteiger partial charge in [-0.05, 0) is 59.7 Å². The molecule has 0 aliphatic heterocycles. The molecule has 0 saturated carbocycles. The Labute approximate surface area is 265 Å². The minimum Gasteiger partial charge on any atom is -0.494 e. The van der Waals surface area contributed by atoms with Gasteiger partial charge in [-0.25, -0.2) is 0 Å². The van der Waals surface area contributed by atoms with Gasteiger partial charge in [0.05, 0.1) is 27.1 Å². The Morgan fingerprint density at radius 3 is 1.33 bits per heavy atom. The molecule has 0 heterocycles. The lowest BCUT2D eigenvalue weighted by Gasteiger charge is -2.10. The van der Waals surface area contributed by atoms with E-state index in [9.17, 15) is 19.2 Å². The van der Waals surface area contributed by atoms with Crippen LogP contribution in [0.5, 0.6) is 11.5 Å². The number of carbonyl (C=O) groups is 4. The van der Waals surface area contributed by atoms with Crippen LogP contribution in [0.3, 0.4) is 0 Å². The Bertz CT molecular complexity index is 1610. The Balaban J connectivity index is 1.33. The summed E-state index contributed by atoms with van der Waals surface area (Å²) in [5, 5.41) is 21.5. The van der Waals surface area contributed by atoms with Crippen molar-refractivity contribution in [3.63, 3.8) is 0 Å². The first-order valence-corrected chi connectivity index (χ1v) is 14.2. The van der Waals surface area contributed by atoms with Crippen molar-refractivity contribution in [2.24, 2.45) is 20.5 Å². The molecule has 4 aromatic rings. The molecule has 0 aliphatic carbocycles. The number of hydrogen-bond donors (Lipinski definition) is 2. The zero-order valence-corrected chi connectivity index (χ0v) is 25.3. The van der Waals surface area contributed by atoms with Crippen LogP contribution in [0.25, 0.3) is 11.1 Å². The lowest BCUT2D eigenvalue weighted by atomic mass is 10.0. The number of anilines is 2. The Morgan fingerprint density at radius 2 is 0.957 bits per heavy atom. The zero-order valence-electron chi connectivity index (χ0n) is 25.3. The average molecular weight is 621 g/mol. The van der Waals surface area contributed by atoms with Crippen LogP contribution in [0.4, 0.5) is 22.7 Å². The Kier molecular flexibility index (Phi) is 11.9. The van der Waals surface area contributed by atoms with Crippen LogP contribution >= 0.6 is 0 Å². The second-order valence-corrected chi connectivity index (χ2v) is 9.83. The van der Waals surface area contributed by atoms with Gasteiger partial charge in [-0.15, -0.1) is 0 Å². The first-order chi connectivity index (χ1) is 22.3. The van der Waals surface area contributed by atoms with E-state index in [0.717, 1.165) is 11.1 Å². The third-order valence-electron chi connectivity index (χ3n) is 6.37. The number of rotatable bonds is 15. The van der Waals surface area contributed by atoms with Crippen molar-refractivity contribution in [2.45, 2.75) is 12.8 Å². The lowest BCUT2D eigenvalue weighted by molar-refractivity contribution is -0.126. The Morgan fingerprint density at radius 1 is 0.565 bits per heavy atom. The fraction of sp³-hybridized carbons (Fsp3) is 0.176. The van der Waals surface area contributed by atoms with E-state index in [1.54, 1.807) is 84.9 Å². The molecule has 46 heavy (non-hydrogen) atoms. The Hall–Kier alpha value is -6.04. The third kappa shape index (κ3) is 10.0. The smallest absolute Gasteiger partial charge is 0.231 e. The predicted octanol–water partition coefficient (Wildman–Crippen LogP) is 6.73. The topological polar surface area (TPSA) is 160 Å². The molecule has 234 valence electrons. The number of ether oxygens (including phenoxy) is 2. The van der Waals surface area contributed by atoms with Crippen LogP contribution in [-0.2, 0) is 19.2 Å². The molecule has 4 rings (SSSR count). The number of nitrogens with zero attached hydrogens (tertiary/aromatic N) is 4. The van der Waals surface area contributed by atoms with E-state index in [1.807, 2.05) is 12.1 Å². The SMILES string of the molecule is COc1cc(-c2ccc(N=NCC(=O)CC(=O)Nc3ccccc3)c(OC)c2)ccc1N=NCC(=O)CC(=O)Nc1ccccc1. The van der Waals surface area contributed by atoms with Crippen molar-refractivity contribution >= 4 is 46.1 Å². The molecule has 0 aromatic heterocycles. The van der Waals surface area contributed by atoms with Gasteiger partial charge in [0.15, 0.2) is 11.6 Å². The largest absolute Gasteiger partial charge is 0.494 e. The highest BCUT2D eigenvalue weighted by Crippen LogP contribution is 2.37. The molecular formula is C34H32N6O6. The maximum atomic E-state index is 12.2. The lowest BCUT2D eigenvalue weighted by Crippen LogP contribution is -2.17. The minimum absolute atomic E-state index is 0.257. The summed E-state index contributed by atoms with van der Waals surface area (Å²) in [6.07, 6.45) is -0.632. The maximum absolute atomic E-state index is 12.2. The summed E-state index contributed by atoms with van der Waals surface area (Å²) in [5.74, 6) is -0.757. The van der Waals surface area contributed by atoms with Gasteiger partial charge in [0.1, 0.15) is 36.0 Å². The van der Waals surface area contributed by atoms with E-state index in [1.165, 1.54) is 14.2 Å². The monoisotopic (exact) mass is 620 g/mol. The normalized spacial score (nSPS) is 10.9. The van der Waals surface area contributed by atoms with E-state index in [0.29, 0.717) is 34.2 Å². The van der Waals surface area contributed by atoms with Gasteiger partial charge in [-0.2, -0.15) is 20.5 Å². The number of carbonyl (C=O) groups excluding carboxylic acids is 4. The number of azo groups is 2. The molecule has 4 aromatic carbocycles. The second-order valence-electron chi connectivity index (χ2n) is 9.83. The molecule has 2 N–H and O–H groups in total. The predicted molar refractivity (Wildman–Crippen MR) is 173 cm³/mol. The molecular weight excluding hydrogens is 588 g/mol. The highest BCUT2D eigenvalue weighted by molar-refractivity contribution is 6.05. The van der Waals surface area contributed by atoms with Crippen LogP contribution in [-0.4, -0.2) is 50.7 Å². The molecule has 12 nitrogen and oxygen atoms in total. The van der Waals surface area contributed by atoms with E-state index < -0.39 is 11.8 Å². The van der Waals surface area contributed by atoms with Crippen LogP contribution in [0.1, 0.15) is 12.8 Å². The highest BCUT2D eigenvalue weighted by Gasteiger charge is 2.13. The molecule has 0 bridgehead atoms. The standard InChI is InChI=1S/C34H32N6O6/c1-45-31-17-23(13-15-29(31)39-35-21-27(41)19-33(43)37-25-9-5-3-6-10-25)24-14-16-30(32(18-24)46-2)40-36-22-28(42)20-34(44)38-26-11-7-4-8-12-26/h3-18H,19-22H2,1-2H3,(H,37,43)(H,38,44). The first kappa shape index (κ1) is 32.9. The van der Waals surface area contributed by atoms with Gasteiger partial charge in [0.2, 0.25) is 11.8 Å². The van der Waals surface area contributed by atoms with Gasteiger partial charge in [0, 0.05) is 11.4 Å². The highest BCUT2D eigenvalue weighted by atomic mass is 16.5. The summed E-state index contributed by atoms with van der Waals surface area (Å²) in [6, 6.07) is 28.3. The molecule has 0 aliphatic rings. The average Bonchev–Trinajstić information content (AvgIpc) is 3.05. The van der Waals surface area contributed by atoms with E-state index in [2.05, 4.69) is 31.1 Å². The van der Waals surface area contributed by atoms with Crippen molar-refractivity contribution < 1.29 is 28.7 Å². The fourth-order valence-electron chi connectivity index (χ4n) is 4.18. The van der Waals surface area contributed by atoms with Gasteiger partial charge in [0.25, 0.3) is 0 Å². The minimum atomic E-state index is -0.423. The number of Topliss-reactive ketones (excluding diaryl/α,β-unsaturated/α-hetero) is 2. The fourth-order valence-corrected chi connectivity index (χ4v) is 4.18. The number of ketones is 2. The summed E-state index contributed by atoms with van der Waals surface area (Å²) in [6.45, 7) is -0.514. The van der Waals surface area contributed by atoms with Crippen molar-refractivity contribution in [3.8, 4) is 22.6 Å². The molecule has 0 radical (unpaired) electrons. The molecule has 0 fully saturated rings. The first-order valence-electron chi connectivity index (χ1n) is 14.2. The summed E-state index contributed by atoms with van der Waals surface area (Å²) < 4.78 is 11.0. The number of hydrogen-bond acceptors (Lipinski definition) is 10. The molecule has 12 heteroatoms. The zero-order chi connectivity index (χ0) is 32.7. The molecule has 0 atom stereocenters. The third-order valence-corrected chi connectivity index (χ3v) is 6.37. The van der Waals surface area contributed by atoms with Crippen molar-refractivity contribution in [3.05, 3.63) is 97.1 Å². The summed E-state index contributed by atoms with van der Waals surface area (Å²) >= 11 is 0. The summed E-state index contributed by atoms with van der Waals surface area (Å²) in [5.41, 5.74) is 3.60. The van der Waals surface area contributed by atoms with Gasteiger partial charge in [-0.1, -0.05) is 48.5 Å². The van der Waals surface area contributed by atoms with Gasteiger partial charge in [-0.3, -0.25) is 19.2 Å². The summed E-state index contributed by atoms with van der Waals surface area (Å²) in [4.78, 5) is 48.6. The van der Waals surface area contributed by atoms with Crippen molar-refractivity contribution in [1.82, 2.24) is 0 Å². The quantitative estimate of drug-likeness (QED) is 0.111. The molecule has 0 spiro atoms. The molecule has 0 unspecified atom stereocenters. The van der Waals surface area contributed by atoms with Gasteiger partial charge < -0.3 is 20.1 Å².